The van der Waals surface area contributed by atoms with Crippen molar-refractivity contribution in [2.24, 2.45) is 0 Å². The van der Waals surface area contributed by atoms with Gasteiger partial charge in [-0.15, -0.1) is 0 Å². The minimum absolute atomic E-state index is 0.206. The minimum atomic E-state index is -1.07. The summed E-state index contributed by atoms with van der Waals surface area (Å²) < 4.78 is 16.8. The Morgan fingerprint density at radius 3 is 2.71 bits per heavy atom. The molecule has 0 amide bonds. The van der Waals surface area contributed by atoms with Gasteiger partial charge in [0.05, 0.1) is 5.39 Å². The molecule has 0 atom stereocenters. The average Bonchev–Trinajstić information content (AvgIpc) is 3.11. The van der Waals surface area contributed by atoms with E-state index in [2.05, 4.69) is 0 Å². The Morgan fingerprint density at radius 1 is 1.14 bits per heavy atom. The molecule has 1 N–H and O–H groups in total. The first kappa shape index (κ1) is 17.9. The molecule has 0 fully saturated rings. The highest BCUT2D eigenvalue weighted by atomic mass is 16.5. The lowest BCUT2D eigenvalue weighted by molar-refractivity contribution is -0.139. The van der Waals surface area contributed by atoms with Crippen LogP contribution in [0, 0.1) is 0 Å². The number of benzene rings is 2. The monoisotopic (exact) mass is 378 g/mol. The van der Waals surface area contributed by atoms with E-state index in [1.54, 1.807) is 12.1 Å². The van der Waals surface area contributed by atoms with E-state index in [1.807, 2.05) is 37.3 Å². The molecule has 142 valence electrons. The van der Waals surface area contributed by atoms with Crippen LogP contribution in [-0.4, -0.2) is 17.7 Å². The summed E-state index contributed by atoms with van der Waals surface area (Å²) in [4.78, 5) is 23.9. The Bertz CT molecular complexity index is 1200. The van der Waals surface area contributed by atoms with Gasteiger partial charge >= 0.3 is 5.97 Å². The van der Waals surface area contributed by atoms with E-state index in [9.17, 15) is 9.59 Å². The van der Waals surface area contributed by atoms with Gasteiger partial charge in [-0.2, -0.15) is 0 Å². The summed E-state index contributed by atoms with van der Waals surface area (Å²) in [5.74, 6) is -0.208. The van der Waals surface area contributed by atoms with Crippen LogP contribution in [0.5, 0.6) is 5.75 Å². The summed E-state index contributed by atoms with van der Waals surface area (Å²) >= 11 is 0. The average molecular weight is 378 g/mol. The van der Waals surface area contributed by atoms with Crippen molar-refractivity contribution in [3.05, 3.63) is 64.5 Å². The maximum atomic E-state index is 13.1. The molecule has 6 heteroatoms. The number of hydrogen-bond donors (Lipinski definition) is 1. The van der Waals surface area contributed by atoms with Crippen LogP contribution in [0.3, 0.4) is 0 Å². The molecule has 0 aliphatic rings. The van der Waals surface area contributed by atoms with Crippen LogP contribution in [0.1, 0.15) is 18.9 Å². The molecular formula is C22H18O6. The largest absolute Gasteiger partial charge is 0.481 e. The number of carbonyl (C=O) groups is 1. The summed E-state index contributed by atoms with van der Waals surface area (Å²) in [5.41, 5.74) is 1.93. The summed E-state index contributed by atoms with van der Waals surface area (Å²) in [6.45, 7) is 1.54. The fourth-order valence-electron chi connectivity index (χ4n) is 3.23. The number of fused-ring (bicyclic) bond motifs is 2. The van der Waals surface area contributed by atoms with Gasteiger partial charge < -0.3 is 18.7 Å². The highest BCUT2D eigenvalue weighted by molar-refractivity contribution is 5.86. The topological polar surface area (TPSA) is 89.9 Å². The molecule has 28 heavy (non-hydrogen) atoms. The maximum Gasteiger partial charge on any atom is 0.341 e. The first-order valence-corrected chi connectivity index (χ1v) is 8.99. The molecule has 2 heterocycles. The van der Waals surface area contributed by atoms with Crippen LogP contribution in [0.4, 0.5) is 0 Å². The number of aryl methyl sites for hydroxylation is 1. The molecule has 2 aromatic heterocycles. The molecule has 0 radical (unpaired) electrons. The summed E-state index contributed by atoms with van der Waals surface area (Å²) in [6, 6.07) is 12.6. The number of para-hydroxylation sites is 1. The number of furan rings is 1. The molecule has 6 nitrogen and oxygen atoms in total. The lowest BCUT2D eigenvalue weighted by Crippen LogP contribution is -2.11. The fraction of sp³-hybridized carbons (Fsp3) is 0.182. The quantitative estimate of drug-likeness (QED) is 0.526. The van der Waals surface area contributed by atoms with Crippen molar-refractivity contribution in [3.8, 4) is 17.1 Å². The third-order valence-electron chi connectivity index (χ3n) is 4.52. The van der Waals surface area contributed by atoms with Crippen molar-refractivity contribution in [1.82, 2.24) is 0 Å². The van der Waals surface area contributed by atoms with Crippen LogP contribution < -0.4 is 10.2 Å². The Labute approximate surface area is 160 Å². The van der Waals surface area contributed by atoms with Crippen LogP contribution in [0.15, 0.2) is 62.4 Å². The number of carboxylic acid groups (broad SMARTS) is 1. The Morgan fingerprint density at radius 2 is 1.96 bits per heavy atom. The van der Waals surface area contributed by atoms with Crippen molar-refractivity contribution in [1.29, 1.82) is 0 Å². The van der Waals surface area contributed by atoms with E-state index < -0.39 is 12.6 Å². The second kappa shape index (κ2) is 7.23. The minimum Gasteiger partial charge on any atom is -0.481 e. The first-order valence-electron chi connectivity index (χ1n) is 8.99. The standard InChI is InChI=1S/C22H18O6/c1-2-5-13-8-15-19(10-18(13)27-12-21(23)24)26-11-16(22(15)25)20-9-14-6-3-4-7-17(14)28-20/h3-4,6-11H,2,5,12H2,1H3,(H,23,24). The van der Waals surface area contributed by atoms with E-state index in [0.717, 1.165) is 17.4 Å². The molecule has 0 aliphatic carbocycles. The lowest BCUT2D eigenvalue weighted by atomic mass is 10.0. The molecule has 0 bridgehead atoms. The zero-order valence-corrected chi connectivity index (χ0v) is 15.2. The van der Waals surface area contributed by atoms with Crippen LogP contribution in [0.25, 0.3) is 33.3 Å². The number of rotatable bonds is 6. The van der Waals surface area contributed by atoms with Gasteiger partial charge in [-0.05, 0) is 30.2 Å². The molecule has 0 unspecified atom stereocenters. The SMILES string of the molecule is CCCc1cc2c(=O)c(-c3cc4ccccc4o3)coc2cc1OCC(=O)O. The van der Waals surface area contributed by atoms with E-state index in [1.165, 1.54) is 6.26 Å². The van der Waals surface area contributed by atoms with Crippen LogP contribution in [-0.2, 0) is 11.2 Å². The van der Waals surface area contributed by atoms with Gasteiger partial charge in [0.15, 0.2) is 6.61 Å². The van der Waals surface area contributed by atoms with Crippen LogP contribution in [0.2, 0.25) is 0 Å². The lowest BCUT2D eigenvalue weighted by Gasteiger charge is -2.11. The number of aliphatic carboxylic acids is 1. The molecular weight excluding hydrogens is 360 g/mol. The summed E-state index contributed by atoms with van der Waals surface area (Å²) in [5, 5.41) is 10.2. The number of carboxylic acids is 1. The number of hydrogen-bond acceptors (Lipinski definition) is 5. The molecule has 0 saturated heterocycles. The van der Waals surface area contributed by atoms with Gasteiger partial charge in [-0.1, -0.05) is 31.5 Å². The van der Waals surface area contributed by atoms with Gasteiger partial charge in [0, 0.05) is 11.5 Å². The van der Waals surface area contributed by atoms with E-state index in [-0.39, 0.29) is 5.43 Å². The molecule has 4 aromatic rings. The zero-order valence-electron chi connectivity index (χ0n) is 15.2. The predicted molar refractivity (Wildman–Crippen MR) is 105 cm³/mol. The Balaban J connectivity index is 1.84. The van der Waals surface area contributed by atoms with Crippen molar-refractivity contribution < 1.29 is 23.5 Å². The predicted octanol–water partition coefficient (Wildman–Crippen LogP) is 4.62. The molecule has 2 aromatic carbocycles. The first-order chi connectivity index (χ1) is 13.6. The van der Waals surface area contributed by atoms with E-state index >= 15 is 0 Å². The highest BCUT2D eigenvalue weighted by Crippen LogP contribution is 2.30. The smallest absolute Gasteiger partial charge is 0.341 e. The number of ether oxygens (including phenoxy) is 1. The van der Waals surface area contributed by atoms with Crippen molar-refractivity contribution in [2.75, 3.05) is 6.61 Å². The van der Waals surface area contributed by atoms with Crippen molar-refractivity contribution >= 4 is 27.9 Å². The van der Waals surface area contributed by atoms with E-state index in [0.29, 0.717) is 40.0 Å². The van der Waals surface area contributed by atoms with Crippen molar-refractivity contribution in [2.45, 2.75) is 19.8 Å². The third kappa shape index (κ3) is 3.24. The van der Waals surface area contributed by atoms with Gasteiger partial charge in [0.25, 0.3) is 0 Å². The summed E-state index contributed by atoms with van der Waals surface area (Å²) in [6.07, 6.45) is 2.84. The van der Waals surface area contributed by atoms with Gasteiger partial charge in [-0.3, -0.25) is 4.79 Å². The van der Waals surface area contributed by atoms with Gasteiger partial charge in [-0.25, -0.2) is 4.79 Å². The normalized spacial score (nSPS) is 11.2. The second-order valence-corrected chi connectivity index (χ2v) is 6.52. The third-order valence-corrected chi connectivity index (χ3v) is 4.52. The second-order valence-electron chi connectivity index (χ2n) is 6.52. The van der Waals surface area contributed by atoms with Gasteiger partial charge in [0.1, 0.15) is 34.5 Å². The highest BCUT2D eigenvalue weighted by Gasteiger charge is 2.16. The van der Waals surface area contributed by atoms with Crippen LogP contribution >= 0.6 is 0 Å². The molecule has 0 saturated carbocycles. The summed E-state index contributed by atoms with van der Waals surface area (Å²) in [7, 11) is 0. The Kier molecular flexibility index (Phi) is 4.61. The maximum absolute atomic E-state index is 13.1. The van der Waals surface area contributed by atoms with Crippen molar-refractivity contribution in [3.63, 3.8) is 0 Å². The van der Waals surface area contributed by atoms with E-state index in [4.69, 9.17) is 18.7 Å². The van der Waals surface area contributed by atoms with Gasteiger partial charge in [0.2, 0.25) is 5.43 Å². The molecule has 0 spiro atoms. The molecule has 4 rings (SSSR count). The molecule has 0 aliphatic heterocycles. The zero-order chi connectivity index (χ0) is 19.7. The fourth-order valence-corrected chi connectivity index (χ4v) is 3.23. The Hall–Kier alpha value is -3.54.